The van der Waals surface area contributed by atoms with Crippen molar-refractivity contribution in [2.75, 3.05) is 11.9 Å². The maximum Gasteiger partial charge on any atom is 0.224 e. The van der Waals surface area contributed by atoms with E-state index in [0.717, 1.165) is 24.1 Å². The SMILES string of the molecule is Cc1cccc(Cl)c1NC(=O)CCC(CCN)C(C)C. The van der Waals surface area contributed by atoms with Gasteiger partial charge in [0.2, 0.25) is 5.91 Å². The molecule has 0 fully saturated rings. The van der Waals surface area contributed by atoms with E-state index in [9.17, 15) is 4.79 Å². The summed E-state index contributed by atoms with van der Waals surface area (Å²) in [7, 11) is 0. The molecule has 1 amide bonds. The minimum absolute atomic E-state index is 0.0175. The Bertz CT molecular complexity index is 426. The zero-order valence-corrected chi connectivity index (χ0v) is 13.3. The highest BCUT2D eigenvalue weighted by molar-refractivity contribution is 6.33. The Hall–Kier alpha value is -1.06. The predicted octanol–water partition coefficient (Wildman–Crippen LogP) is 3.99. The first-order valence-corrected chi connectivity index (χ1v) is 7.58. The summed E-state index contributed by atoms with van der Waals surface area (Å²) in [6.45, 7) is 6.97. The Morgan fingerprint density at radius 1 is 1.35 bits per heavy atom. The van der Waals surface area contributed by atoms with Gasteiger partial charge in [0.05, 0.1) is 10.7 Å². The smallest absolute Gasteiger partial charge is 0.224 e. The Kier molecular flexibility index (Phi) is 7.03. The zero-order chi connectivity index (χ0) is 15.1. The number of nitrogens with one attached hydrogen (secondary N) is 1. The lowest BCUT2D eigenvalue weighted by Crippen LogP contribution is -2.18. The molecule has 1 aromatic carbocycles. The van der Waals surface area contributed by atoms with Gasteiger partial charge < -0.3 is 11.1 Å². The first-order valence-electron chi connectivity index (χ1n) is 7.20. The highest BCUT2D eigenvalue weighted by Crippen LogP contribution is 2.26. The normalized spacial score (nSPS) is 12.5. The van der Waals surface area contributed by atoms with Gasteiger partial charge in [-0.15, -0.1) is 0 Å². The number of halogens is 1. The number of aryl methyl sites for hydroxylation is 1. The molecule has 112 valence electrons. The summed E-state index contributed by atoms with van der Waals surface area (Å²) in [5.74, 6) is 1.07. The average Bonchev–Trinajstić information content (AvgIpc) is 2.38. The molecule has 0 aliphatic heterocycles. The van der Waals surface area contributed by atoms with Crippen LogP contribution in [0.25, 0.3) is 0 Å². The van der Waals surface area contributed by atoms with Crippen LogP contribution in [0.15, 0.2) is 18.2 Å². The third-order valence-electron chi connectivity index (χ3n) is 3.71. The average molecular weight is 297 g/mol. The van der Waals surface area contributed by atoms with Gasteiger partial charge in [-0.25, -0.2) is 0 Å². The summed E-state index contributed by atoms with van der Waals surface area (Å²) < 4.78 is 0. The summed E-state index contributed by atoms with van der Waals surface area (Å²) in [6, 6.07) is 5.60. The number of amides is 1. The topological polar surface area (TPSA) is 55.1 Å². The van der Waals surface area contributed by atoms with Crippen molar-refractivity contribution < 1.29 is 4.79 Å². The first kappa shape index (κ1) is 17.0. The lowest BCUT2D eigenvalue weighted by molar-refractivity contribution is -0.116. The van der Waals surface area contributed by atoms with Gasteiger partial charge in [-0.05, 0) is 49.8 Å². The lowest BCUT2D eigenvalue weighted by Gasteiger charge is -2.20. The fourth-order valence-corrected chi connectivity index (χ4v) is 2.60. The zero-order valence-electron chi connectivity index (χ0n) is 12.6. The number of nitrogens with two attached hydrogens (primary N) is 1. The van der Waals surface area contributed by atoms with E-state index in [0.29, 0.717) is 29.8 Å². The van der Waals surface area contributed by atoms with Gasteiger partial charge in [-0.3, -0.25) is 4.79 Å². The van der Waals surface area contributed by atoms with E-state index in [4.69, 9.17) is 17.3 Å². The van der Waals surface area contributed by atoms with E-state index in [1.54, 1.807) is 6.07 Å². The highest BCUT2D eigenvalue weighted by atomic mass is 35.5. The molecule has 1 unspecified atom stereocenters. The highest BCUT2D eigenvalue weighted by Gasteiger charge is 2.15. The lowest BCUT2D eigenvalue weighted by atomic mass is 9.88. The molecule has 0 aliphatic carbocycles. The van der Waals surface area contributed by atoms with Crippen LogP contribution < -0.4 is 11.1 Å². The van der Waals surface area contributed by atoms with Gasteiger partial charge in [0.25, 0.3) is 0 Å². The first-order chi connectivity index (χ1) is 9.45. The van der Waals surface area contributed by atoms with Crippen molar-refractivity contribution in [1.82, 2.24) is 0 Å². The number of hydrogen-bond donors (Lipinski definition) is 2. The molecular weight excluding hydrogens is 272 g/mol. The minimum Gasteiger partial charge on any atom is -0.330 e. The van der Waals surface area contributed by atoms with E-state index < -0.39 is 0 Å². The fraction of sp³-hybridized carbons (Fsp3) is 0.562. The second-order valence-corrected chi connectivity index (χ2v) is 6.01. The monoisotopic (exact) mass is 296 g/mol. The van der Waals surface area contributed by atoms with Gasteiger partial charge in [0.1, 0.15) is 0 Å². The molecule has 4 heteroatoms. The van der Waals surface area contributed by atoms with Gasteiger partial charge in [0, 0.05) is 6.42 Å². The number of carbonyl (C=O) groups excluding carboxylic acids is 1. The van der Waals surface area contributed by atoms with Crippen molar-refractivity contribution in [2.24, 2.45) is 17.6 Å². The largest absolute Gasteiger partial charge is 0.330 e. The molecule has 0 saturated heterocycles. The third-order valence-corrected chi connectivity index (χ3v) is 4.02. The number of hydrogen-bond acceptors (Lipinski definition) is 2. The summed E-state index contributed by atoms with van der Waals surface area (Å²) in [6.07, 6.45) is 2.34. The third kappa shape index (κ3) is 5.14. The van der Waals surface area contributed by atoms with Crippen LogP contribution in [0.1, 0.15) is 38.7 Å². The molecule has 3 nitrogen and oxygen atoms in total. The van der Waals surface area contributed by atoms with Crippen molar-refractivity contribution in [3.63, 3.8) is 0 Å². The molecule has 0 radical (unpaired) electrons. The molecule has 1 atom stereocenters. The van der Waals surface area contributed by atoms with Crippen molar-refractivity contribution in [2.45, 2.75) is 40.0 Å². The molecule has 1 aromatic rings. The molecule has 20 heavy (non-hydrogen) atoms. The summed E-state index contributed by atoms with van der Waals surface area (Å²) in [5, 5.41) is 3.50. The Morgan fingerprint density at radius 3 is 2.60 bits per heavy atom. The van der Waals surface area contributed by atoms with Gasteiger partial charge in [0.15, 0.2) is 0 Å². The number of para-hydroxylation sites is 1. The summed E-state index contributed by atoms with van der Waals surface area (Å²) >= 11 is 6.11. The van der Waals surface area contributed by atoms with E-state index in [-0.39, 0.29) is 5.91 Å². The van der Waals surface area contributed by atoms with E-state index in [1.165, 1.54) is 0 Å². The number of rotatable bonds is 7. The van der Waals surface area contributed by atoms with Crippen LogP contribution in [0.5, 0.6) is 0 Å². The molecule has 0 saturated carbocycles. The second kappa shape index (κ2) is 8.28. The predicted molar refractivity (Wildman–Crippen MR) is 86.1 cm³/mol. The van der Waals surface area contributed by atoms with E-state index in [1.807, 2.05) is 19.1 Å². The standard InChI is InChI=1S/C16H25ClN2O/c1-11(2)13(9-10-18)7-8-15(20)19-16-12(3)5-4-6-14(16)17/h4-6,11,13H,7-10,18H2,1-3H3,(H,19,20). The van der Waals surface area contributed by atoms with Crippen molar-refractivity contribution in [3.8, 4) is 0 Å². The molecule has 0 heterocycles. The maximum atomic E-state index is 12.0. The van der Waals surface area contributed by atoms with Crippen LogP contribution in [0.4, 0.5) is 5.69 Å². The van der Waals surface area contributed by atoms with Crippen molar-refractivity contribution in [3.05, 3.63) is 28.8 Å². The van der Waals surface area contributed by atoms with Crippen LogP contribution >= 0.6 is 11.6 Å². The van der Waals surface area contributed by atoms with Gasteiger partial charge in [-0.2, -0.15) is 0 Å². The number of benzene rings is 1. The van der Waals surface area contributed by atoms with Crippen LogP contribution in [0.3, 0.4) is 0 Å². The molecule has 0 aliphatic rings. The summed E-state index contributed by atoms with van der Waals surface area (Å²) in [4.78, 5) is 12.0. The Labute approximate surface area is 126 Å². The molecule has 1 rings (SSSR count). The molecule has 0 bridgehead atoms. The molecular formula is C16H25ClN2O. The van der Waals surface area contributed by atoms with Gasteiger partial charge in [-0.1, -0.05) is 37.6 Å². The van der Waals surface area contributed by atoms with Crippen LogP contribution in [0.2, 0.25) is 5.02 Å². The molecule has 0 aromatic heterocycles. The summed E-state index contributed by atoms with van der Waals surface area (Å²) in [5.41, 5.74) is 7.32. The Balaban J connectivity index is 2.55. The van der Waals surface area contributed by atoms with E-state index >= 15 is 0 Å². The van der Waals surface area contributed by atoms with Crippen molar-refractivity contribution in [1.29, 1.82) is 0 Å². The van der Waals surface area contributed by atoms with Crippen LogP contribution in [-0.4, -0.2) is 12.5 Å². The molecule has 0 spiro atoms. The number of anilines is 1. The molecule has 3 N–H and O–H groups in total. The Morgan fingerprint density at radius 2 is 2.05 bits per heavy atom. The van der Waals surface area contributed by atoms with Crippen molar-refractivity contribution >= 4 is 23.2 Å². The maximum absolute atomic E-state index is 12.0. The fourth-order valence-electron chi connectivity index (χ4n) is 2.33. The number of carbonyl (C=O) groups is 1. The van der Waals surface area contributed by atoms with Crippen LogP contribution in [0, 0.1) is 18.8 Å². The van der Waals surface area contributed by atoms with E-state index in [2.05, 4.69) is 19.2 Å². The van der Waals surface area contributed by atoms with Gasteiger partial charge >= 0.3 is 0 Å². The van der Waals surface area contributed by atoms with Crippen LogP contribution in [-0.2, 0) is 4.79 Å². The second-order valence-electron chi connectivity index (χ2n) is 5.60. The quantitative estimate of drug-likeness (QED) is 0.799. The minimum atomic E-state index is 0.0175.